The summed E-state index contributed by atoms with van der Waals surface area (Å²) >= 11 is 0. The lowest BCUT2D eigenvalue weighted by molar-refractivity contribution is 0.103. The van der Waals surface area contributed by atoms with Crippen molar-refractivity contribution in [1.29, 1.82) is 0 Å². The molecule has 143 heavy (non-hydrogen) atoms. The maximum absolute atomic E-state index is 10.1. The number of benzene rings is 10. The van der Waals surface area contributed by atoms with E-state index in [4.69, 9.17) is 99.5 Å². The summed E-state index contributed by atoms with van der Waals surface area (Å²) in [7, 11) is 35.1. The number of hydrogen-bond donors (Lipinski definition) is 3. The molecule has 768 valence electrons. The van der Waals surface area contributed by atoms with Crippen molar-refractivity contribution in [2.75, 3.05) is 149 Å². The SMILES string of the molecule is COc1cc2c(cc1OC)[C@@H]1Cc3c(CO)c(OC)cc(OC)c3CN1[C@@H](C)C2.COc1cc2c(cc1OC)[C@@H]1Cc3c(CO)c(OC)cc(OC)c3CN1[C@H](C)C2.COc1cc2c(cc1OC)[C@@H]1Cc3cc(OC)c(OC)c(OC)c3CN1[C@@H](C)C2.COc1cc2c(cc1OC)[C@@H]1Cc3cc(OC)c(OC)c(OC)c3CN1[C@H](C)C2.COc1ccc2c(c1)C[C@@H](C)N1Cc3c(OC)cc(OC)c(CO)c3C[C@@H]21. The van der Waals surface area contributed by atoms with Gasteiger partial charge in [-0.15, -0.1) is 0 Å². The largest absolute Gasteiger partial charge is 0.497 e. The van der Waals surface area contributed by atoms with E-state index in [-0.39, 0.29) is 50.0 Å². The van der Waals surface area contributed by atoms with Gasteiger partial charge < -0.3 is 115 Å². The van der Waals surface area contributed by atoms with Crippen LogP contribution in [-0.4, -0.2) is 219 Å². The van der Waals surface area contributed by atoms with Gasteiger partial charge in [0.15, 0.2) is 69.0 Å². The molecule has 0 unspecified atom stereocenters. The first-order valence-corrected chi connectivity index (χ1v) is 49.0. The van der Waals surface area contributed by atoms with Crippen LogP contribution in [0.15, 0.2) is 97.1 Å². The lowest BCUT2D eigenvalue weighted by Gasteiger charge is -2.46. The molecular weight excluding hydrogens is 1820 g/mol. The number of methoxy groups -OCH3 is 21. The van der Waals surface area contributed by atoms with Crippen LogP contribution in [0.1, 0.15) is 193 Å². The average Bonchev–Trinajstić information content (AvgIpc) is 0.750. The molecule has 20 rings (SSSR count). The van der Waals surface area contributed by atoms with E-state index in [1.165, 1.54) is 83.5 Å². The second-order valence-electron chi connectivity index (χ2n) is 38.1. The highest BCUT2D eigenvalue weighted by Crippen LogP contribution is 2.57. The molecule has 3 N–H and O–H groups in total. The molecule has 10 atom stereocenters. The first-order valence-electron chi connectivity index (χ1n) is 49.0. The fraction of sp³-hybridized carbons (Fsp3) is 0.474. The standard InChI is InChI=1S/4C23H29NO5.C22H27NO4/c2*1-13-7-14-9-19(25-2)20(26-3)11-16(14)18-8-15-10-21(27-4)23(29-6)22(28-5)17(15)12-24(13)18;2*1-13-6-14-7-22(28-4)23(29-5)9-15(14)19-8-16-17(11-24(13)19)20(26-2)10-21(27-3)18(16)12-25;1-13-7-14-8-15(25-2)5-6-16(14)20-9-17-18(11-23(13)20)21(26-3)10-22(27-4)19(17)12-24/h2*9-11,13,18H,7-8,12H2,1-6H3;2*7,9-10,13,19,25H,6,8,11-12H2,1-5H3;5-6,8,10,13,20,24H,7,9,11-12H2,1-4H3/t13-,18+;13-,18-;13-,19+;13-,19-;13-,20+/m10101/s1. The number of ether oxygens (including phenoxy) is 21. The summed E-state index contributed by atoms with van der Waals surface area (Å²) in [6.45, 7) is 15.2. The van der Waals surface area contributed by atoms with Crippen molar-refractivity contribution in [3.63, 3.8) is 0 Å². The molecule has 29 nitrogen and oxygen atoms in total. The van der Waals surface area contributed by atoms with E-state index in [0.29, 0.717) is 70.5 Å². The van der Waals surface area contributed by atoms with Crippen LogP contribution in [0.3, 0.4) is 0 Å². The van der Waals surface area contributed by atoms with Gasteiger partial charge in [0.2, 0.25) is 11.5 Å². The summed E-state index contributed by atoms with van der Waals surface area (Å²) in [6, 6.07) is 36.4. The van der Waals surface area contributed by atoms with Gasteiger partial charge in [0, 0.05) is 156 Å². The smallest absolute Gasteiger partial charge is 0.203 e. The molecule has 10 aliphatic rings. The van der Waals surface area contributed by atoms with E-state index in [0.717, 1.165) is 222 Å². The molecule has 0 amide bonds. The number of nitrogens with zero attached hydrogens (tertiary/aromatic N) is 5. The third-order valence-electron chi connectivity index (χ3n) is 31.5. The van der Waals surface area contributed by atoms with E-state index in [2.05, 4.69) is 132 Å². The van der Waals surface area contributed by atoms with E-state index in [1.807, 2.05) is 24.3 Å². The molecular formula is C114H143N5O24. The summed E-state index contributed by atoms with van der Waals surface area (Å²) in [6.07, 6.45) is 9.00. The topological polar surface area (TPSA) is 271 Å². The number of rotatable bonds is 24. The van der Waals surface area contributed by atoms with Gasteiger partial charge in [0.05, 0.1) is 169 Å². The first-order chi connectivity index (χ1) is 69.3. The van der Waals surface area contributed by atoms with Crippen molar-refractivity contribution in [3.8, 4) is 121 Å². The van der Waals surface area contributed by atoms with Gasteiger partial charge in [-0.25, -0.2) is 0 Å². The monoisotopic (exact) mass is 1970 g/mol. The van der Waals surface area contributed by atoms with Gasteiger partial charge in [-0.05, 0) is 255 Å². The summed E-state index contributed by atoms with van der Waals surface area (Å²) in [5.74, 6) is 15.8. The third-order valence-corrected chi connectivity index (χ3v) is 31.5. The van der Waals surface area contributed by atoms with E-state index < -0.39 is 0 Å². The highest BCUT2D eigenvalue weighted by atomic mass is 16.6. The van der Waals surface area contributed by atoms with E-state index in [9.17, 15) is 15.3 Å². The quantitative estimate of drug-likeness (QED) is 0.0507. The molecule has 10 aromatic carbocycles. The van der Waals surface area contributed by atoms with Crippen LogP contribution in [0.2, 0.25) is 0 Å². The Balaban J connectivity index is 0.000000128. The average molecular weight is 1970 g/mol. The minimum Gasteiger partial charge on any atom is -0.497 e. The molecule has 0 bridgehead atoms. The second-order valence-corrected chi connectivity index (χ2v) is 38.1. The molecule has 0 radical (unpaired) electrons. The number of aliphatic hydroxyl groups excluding tert-OH is 3. The van der Waals surface area contributed by atoms with Crippen LogP contribution in [0.5, 0.6) is 121 Å². The Morgan fingerprint density at radius 3 is 0.657 bits per heavy atom. The Bertz CT molecular complexity index is 5980. The molecule has 0 saturated carbocycles. The minimum absolute atomic E-state index is 0.0345. The molecule has 10 heterocycles. The normalized spacial score (nSPS) is 20.4. The van der Waals surface area contributed by atoms with Gasteiger partial charge in [-0.1, -0.05) is 6.07 Å². The van der Waals surface area contributed by atoms with Crippen molar-refractivity contribution in [1.82, 2.24) is 24.5 Å². The fourth-order valence-corrected chi connectivity index (χ4v) is 24.3. The molecule has 0 spiro atoms. The zero-order valence-electron chi connectivity index (χ0n) is 87.9. The third kappa shape index (κ3) is 19.1. The Morgan fingerprint density at radius 2 is 0.420 bits per heavy atom. The predicted octanol–water partition coefficient (Wildman–Crippen LogP) is 17.3. The van der Waals surface area contributed by atoms with Gasteiger partial charge in [0.25, 0.3) is 0 Å². The Labute approximate surface area is 841 Å². The van der Waals surface area contributed by atoms with Crippen molar-refractivity contribution < 1.29 is 115 Å². The van der Waals surface area contributed by atoms with Crippen LogP contribution in [-0.2, 0) is 117 Å². The first kappa shape index (κ1) is 104. The van der Waals surface area contributed by atoms with Crippen LogP contribution < -0.4 is 99.5 Å². The summed E-state index contributed by atoms with van der Waals surface area (Å²) in [5, 5.41) is 30.2. The maximum Gasteiger partial charge on any atom is 0.203 e. The summed E-state index contributed by atoms with van der Waals surface area (Å²) < 4.78 is 117. The highest BCUT2D eigenvalue weighted by Gasteiger charge is 2.47. The van der Waals surface area contributed by atoms with Gasteiger partial charge in [0.1, 0.15) is 40.2 Å². The molecule has 0 saturated heterocycles. The molecule has 10 aliphatic heterocycles. The summed E-state index contributed by atoms with van der Waals surface area (Å²) in [4.78, 5) is 12.7. The zero-order chi connectivity index (χ0) is 102. The van der Waals surface area contributed by atoms with Crippen LogP contribution in [0.4, 0.5) is 0 Å². The van der Waals surface area contributed by atoms with Gasteiger partial charge in [-0.2, -0.15) is 0 Å². The number of aliphatic hydroxyl groups is 3. The van der Waals surface area contributed by atoms with E-state index >= 15 is 0 Å². The Hall–Kier alpha value is -12.3. The predicted molar refractivity (Wildman–Crippen MR) is 546 cm³/mol. The molecule has 29 heteroatoms. The Morgan fingerprint density at radius 1 is 0.196 bits per heavy atom. The van der Waals surface area contributed by atoms with Crippen LogP contribution >= 0.6 is 0 Å². The molecule has 0 aliphatic carbocycles. The maximum atomic E-state index is 10.1. The van der Waals surface area contributed by atoms with Crippen molar-refractivity contribution >= 4 is 0 Å². The number of fused-ring (bicyclic) bond motifs is 20. The van der Waals surface area contributed by atoms with Gasteiger partial charge >= 0.3 is 0 Å². The lowest BCUT2D eigenvalue weighted by atomic mass is 9.79. The van der Waals surface area contributed by atoms with E-state index in [1.54, 1.807) is 149 Å². The van der Waals surface area contributed by atoms with Crippen molar-refractivity contribution in [2.45, 2.75) is 212 Å². The minimum atomic E-state index is -0.0590. The van der Waals surface area contributed by atoms with Crippen molar-refractivity contribution in [2.24, 2.45) is 0 Å². The van der Waals surface area contributed by atoms with Crippen molar-refractivity contribution in [3.05, 3.63) is 225 Å². The van der Waals surface area contributed by atoms with Crippen LogP contribution in [0, 0.1) is 0 Å². The highest BCUT2D eigenvalue weighted by molar-refractivity contribution is 5.66. The van der Waals surface area contributed by atoms with Gasteiger partial charge in [-0.3, -0.25) is 24.5 Å². The second kappa shape index (κ2) is 44.5. The summed E-state index contributed by atoms with van der Waals surface area (Å²) in [5.41, 5.74) is 27.3. The molecule has 0 aromatic heterocycles. The fourth-order valence-electron chi connectivity index (χ4n) is 24.3. The van der Waals surface area contributed by atoms with Crippen LogP contribution in [0.25, 0.3) is 0 Å². The Kier molecular flexibility index (Phi) is 32.2. The lowest BCUT2D eigenvalue weighted by Crippen LogP contribution is -2.45. The molecule has 10 aromatic rings. The zero-order valence-corrected chi connectivity index (χ0v) is 87.9. The molecule has 0 fully saturated rings. The number of hydrogen-bond acceptors (Lipinski definition) is 29.